The molecule has 0 amide bonds. The van der Waals surface area contributed by atoms with Crippen molar-refractivity contribution in [1.82, 2.24) is 4.98 Å². The number of benzene rings is 2. The second-order valence-electron chi connectivity index (χ2n) is 9.39. The molecule has 2 heterocycles. The lowest BCUT2D eigenvalue weighted by molar-refractivity contribution is 0.122. The molecule has 0 N–H and O–H groups in total. The number of pyridine rings is 1. The van der Waals surface area contributed by atoms with Crippen molar-refractivity contribution in [3.05, 3.63) is 47.5 Å². The average molecular weight is 433 g/mol. The fourth-order valence-electron chi connectivity index (χ4n) is 4.92. The average Bonchev–Trinajstić information content (AvgIpc) is 2.84. The van der Waals surface area contributed by atoms with Crippen LogP contribution in [-0.2, 0) is 17.6 Å². The van der Waals surface area contributed by atoms with Crippen molar-refractivity contribution in [3.8, 4) is 0 Å². The van der Waals surface area contributed by atoms with Crippen LogP contribution in [0.3, 0.4) is 0 Å². The highest BCUT2D eigenvalue weighted by molar-refractivity contribution is 6.10. The summed E-state index contributed by atoms with van der Waals surface area (Å²) in [5.74, 6) is 1.13. The third-order valence-corrected chi connectivity index (χ3v) is 6.85. The first kappa shape index (κ1) is 23.0. The van der Waals surface area contributed by atoms with Crippen LogP contribution in [0.15, 0.2) is 36.4 Å². The molecule has 3 nitrogen and oxygen atoms in total. The lowest BCUT2D eigenvalue weighted by Crippen LogP contribution is -2.36. The van der Waals surface area contributed by atoms with Gasteiger partial charge in [0.1, 0.15) is 5.82 Å². The van der Waals surface area contributed by atoms with Gasteiger partial charge in [-0.05, 0) is 54.3 Å². The largest absolute Gasteiger partial charge is 0.378 e. The van der Waals surface area contributed by atoms with E-state index in [1.807, 2.05) is 0 Å². The minimum absolute atomic E-state index is 0.785. The Bertz CT molecular complexity index is 1010. The van der Waals surface area contributed by atoms with Gasteiger partial charge in [0.2, 0.25) is 0 Å². The van der Waals surface area contributed by atoms with Crippen molar-refractivity contribution >= 4 is 27.5 Å². The Morgan fingerprint density at radius 2 is 1.34 bits per heavy atom. The number of rotatable bonds is 11. The molecule has 1 saturated heterocycles. The molecule has 1 fully saturated rings. The standard InChI is InChI=1S/C29H40N2O/c1-3-5-7-9-11-23-13-15-25-26(21-23)27-22-24(12-10-8-6-4-2)14-16-28(27)30-29(25)31-17-19-32-20-18-31/h13-16,21-22H,3-12,17-20H2,1-2H3. The molecule has 0 bridgehead atoms. The molecule has 1 aliphatic rings. The third kappa shape index (κ3) is 5.61. The van der Waals surface area contributed by atoms with Crippen molar-refractivity contribution in [2.24, 2.45) is 0 Å². The van der Waals surface area contributed by atoms with E-state index in [0.717, 1.165) is 37.6 Å². The van der Waals surface area contributed by atoms with E-state index in [9.17, 15) is 0 Å². The number of hydrogen-bond acceptors (Lipinski definition) is 3. The van der Waals surface area contributed by atoms with Gasteiger partial charge in [-0.25, -0.2) is 4.98 Å². The fourth-order valence-corrected chi connectivity index (χ4v) is 4.92. The molecule has 3 heteroatoms. The van der Waals surface area contributed by atoms with Gasteiger partial charge in [-0.2, -0.15) is 0 Å². The molecule has 1 aromatic heterocycles. The van der Waals surface area contributed by atoms with Gasteiger partial charge in [-0.3, -0.25) is 0 Å². The topological polar surface area (TPSA) is 25.4 Å². The molecular weight excluding hydrogens is 392 g/mol. The Balaban J connectivity index is 1.71. The van der Waals surface area contributed by atoms with Gasteiger partial charge in [0.25, 0.3) is 0 Å². The predicted octanol–water partition coefficient (Wildman–Crippen LogP) is 7.47. The van der Waals surface area contributed by atoms with Gasteiger partial charge in [0.15, 0.2) is 0 Å². The zero-order chi connectivity index (χ0) is 22.2. The van der Waals surface area contributed by atoms with E-state index in [4.69, 9.17) is 9.72 Å². The summed E-state index contributed by atoms with van der Waals surface area (Å²) in [6, 6.07) is 14.1. The summed E-state index contributed by atoms with van der Waals surface area (Å²) in [5, 5.41) is 3.99. The van der Waals surface area contributed by atoms with Crippen LogP contribution in [0.2, 0.25) is 0 Å². The first-order valence-corrected chi connectivity index (χ1v) is 13.0. The Kier molecular flexibility index (Phi) is 8.39. The van der Waals surface area contributed by atoms with Crippen LogP contribution < -0.4 is 4.90 Å². The molecule has 2 aromatic carbocycles. The highest BCUT2D eigenvalue weighted by Crippen LogP contribution is 2.33. The number of ether oxygens (including phenoxy) is 1. The highest BCUT2D eigenvalue weighted by atomic mass is 16.5. The summed E-state index contributed by atoms with van der Waals surface area (Å²) in [6.45, 7) is 7.96. The highest BCUT2D eigenvalue weighted by Gasteiger charge is 2.18. The first-order chi connectivity index (χ1) is 15.8. The van der Waals surface area contributed by atoms with Crippen LogP contribution in [0.4, 0.5) is 5.82 Å². The lowest BCUT2D eigenvalue weighted by Gasteiger charge is -2.29. The number of nitrogens with zero attached hydrogens (tertiary/aromatic N) is 2. The van der Waals surface area contributed by atoms with E-state index in [1.165, 1.54) is 91.5 Å². The summed E-state index contributed by atoms with van der Waals surface area (Å²) in [4.78, 5) is 7.57. The van der Waals surface area contributed by atoms with E-state index in [1.54, 1.807) is 0 Å². The normalized spacial score (nSPS) is 14.5. The summed E-state index contributed by atoms with van der Waals surface area (Å²) < 4.78 is 5.61. The minimum atomic E-state index is 0.785. The Labute approximate surface area is 194 Å². The van der Waals surface area contributed by atoms with E-state index in [0.29, 0.717) is 0 Å². The summed E-state index contributed by atoms with van der Waals surface area (Å²) in [7, 11) is 0. The zero-order valence-electron chi connectivity index (χ0n) is 20.2. The second-order valence-corrected chi connectivity index (χ2v) is 9.39. The Morgan fingerprint density at radius 3 is 2.00 bits per heavy atom. The van der Waals surface area contributed by atoms with Gasteiger partial charge in [-0.15, -0.1) is 0 Å². The number of hydrogen-bond donors (Lipinski definition) is 0. The maximum absolute atomic E-state index is 5.61. The monoisotopic (exact) mass is 432 g/mol. The van der Waals surface area contributed by atoms with Crippen LogP contribution in [0.25, 0.3) is 21.7 Å². The quantitative estimate of drug-likeness (QED) is 0.232. The molecule has 3 aromatic rings. The molecule has 1 aliphatic heterocycles. The summed E-state index contributed by atoms with van der Waals surface area (Å²) >= 11 is 0. The number of fused-ring (bicyclic) bond motifs is 3. The maximum Gasteiger partial charge on any atom is 0.137 e. The van der Waals surface area contributed by atoms with Crippen LogP contribution in [0.1, 0.15) is 76.3 Å². The Hall–Kier alpha value is -2.13. The maximum atomic E-state index is 5.61. The van der Waals surface area contributed by atoms with E-state index < -0.39 is 0 Å². The van der Waals surface area contributed by atoms with Crippen molar-refractivity contribution in [2.45, 2.75) is 78.1 Å². The Morgan fingerprint density at radius 1 is 0.719 bits per heavy atom. The lowest BCUT2D eigenvalue weighted by atomic mass is 9.97. The molecule has 0 aliphatic carbocycles. The number of unbranched alkanes of at least 4 members (excludes halogenated alkanes) is 6. The SMILES string of the molecule is CCCCCCc1ccc2nc(N3CCOCC3)c3ccc(CCCCCC)cc3c2c1. The van der Waals surface area contributed by atoms with E-state index >= 15 is 0 Å². The van der Waals surface area contributed by atoms with Crippen molar-refractivity contribution < 1.29 is 4.74 Å². The number of morpholine rings is 1. The molecule has 32 heavy (non-hydrogen) atoms. The van der Waals surface area contributed by atoms with E-state index in [-0.39, 0.29) is 0 Å². The number of aryl methyl sites for hydroxylation is 2. The number of aromatic nitrogens is 1. The van der Waals surface area contributed by atoms with Crippen LogP contribution in [0, 0.1) is 0 Å². The summed E-state index contributed by atoms with van der Waals surface area (Å²) in [5.41, 5.74) is 4.03. The molecule has 0 radical (unpaired) electrons. The van der Waals surface area contributed by atoms with Gasteiger partial charge >= 0.3 is 0 Å². The smallest absolute Gasteiger partial charge is 0.137 e. The van der Waals surface area contributed by atoms with Gasteiger partial charge < -0.3 is 9.64 Å². The second kappa shape index (κ2) is 11.7. The third-order valence-electron chi connectivity index (χ3n) is 6.85. The summed E-state index contributed by atoms with van der Waals surface area (Å²) in [6.07, 6.45) is 12.8. The molecule has 0 spiro atoms. The van der Waals surface area contributed by atoms with Gasteiger partial charge in [-0.1, -0.05) is 76.6 Å². The molecule has 0 unspecified atom stereocenters. The first-order valence-electron chi connectivity index (χ1n) is 13.0. The van der Waals surface area contributed by atoms with Crippen LogP contribution in [-0.4, -0.2) is 31.3 Å². The van der Waals surface area contributed by atoms with Crippen molar-refractivity contribution in [3.63, 3.8) is 0 Å². The van der Waals surface area contributed by atoms with Crippen LogP contribution >= 0.6 is 0 Å². The number of anilines is 1. The predicted molar refractivity (Wildman–Crippen MR) is 138 cm³/mol. The van der Waals surface area contributed by atoms with E-state index in [2.05, 4.69) is 55.1 Å². The minimum Gasteiger partial charge on any atom is -0.378 e. The van der Waals surface area contributed by atoms with Gasteiger partial charge in [0.05, 0.1) is 18.7 Å². The molecule has 4 rings (SSSR count). The fraction of sp³-hybridized carbons (Fsp3) is 0.552. The van der Waals surface area contributed by atoms with Gasteiger partial charge in [0, 0.05) is 23.9 Å². The van der Waals surface area contributed by atoms with Crippen LogP contribution in [0.5, 0.6) is 0 Å². The molecule has 172 valence electrons. The molecular formula is C29H40N2O. The zero-order valence-corrected chi connectivity index (χ0v) is 20.2. The van der Waals surface area contributed by atoms with Crippen molar-refractivity contribution in [1.29, 1.82) is 0 Å². The van der Waals surface area contributed by atoms with Crippen molar-refractivity contribution in [2.75, 3.05) is 31.2 Å². The molecule has 0 atom stereocenters. The molecule has 0 saturated carbocycles.